The van der Waals surface area contributed by atoms with E-state index in [2.05, 4.69) is 0 Å². The van der Waals surface area contributed by atoms with Crippen LogP contribution in [0.15, 0.2) is 0 Å². The second kappa shape index (κ2) is 7.62. The number of nitrogens with two attached hydrogens (primary N) is 1. The quantitative estimate of drug-likeness (QED) is 0.600. The summed E-state index contributed by atoms with van der Waals surface area (Å²) >= 11 is 0. The number of carbonyl (C=O) groups is 2. The monoisotopic (exact) mass is 287 g/mol. The molecule has 0 radical (unpaired) electrons. The topological polar surface area (TPSA) is 78.6 Å². The highest BCUT2D eigenvalue weighted by atomic mass is 16.6. The van der Waals surface area contributed by atoms with Crippen LogP contribution in [-0.4, -0.2) is 29.2 Å². The summed E-state index contributed by atoms with van der Waals surface area (Å²) < 4.78 is 10.4. The molecular weight excluding hydrogens is 258 g/mol. The van der Waals surface area contributed by atoms with Crippen molar-refractivity contribution in [3.8, 4) is 0 Å². The first-order valence-electron chi connectivity index (χ1n) is 7.11. The first kappa shape index (κ1) is 18.9. The van der Waals surface area contributed by atoms with Crippen LogP contribution >= 0.6 is 0 Å². The summed E-state index contributed by atoms with van der Waals surface area (Å²) in [5.41, 5.74) is 4.78. The molecule has 5 heteroatoms. The molecule has 0 aliphatic carbocycles. The van der Waals surface area contributed by atoms with Gasteiger partial charge in [0, 0.05) is 6.42 Å². The van der Waals surface area contributed by atoms with Crippen molar-refractivity contribution in [1.29, 1.82) is 0 Å². The van der Waals surface area contributed by atoms with Gasteiger partial charge in [-0.1, -0.05) is 6.42 Å². The Hall–Kier alpha value is -1.10. The van der Waals surface area contributed by atoms with Gasteiger partial charge in [0.2, 0.25) is 0 Å². The van der Waals surface area contributed by atoms with Crippen LogP contribution in [0.25, 0.3) is 0 Å². The molecule has 5 nitrogen and oxygen atoms in total. The Labute approximate surface area is 122 Å². The predicted octanol–water partition coefficient (Wildman–Crippen LogP) is 2.56. The fourth-order valence-corrected chi connectivity index (χ4v) is 1.52. The Kier molecular flexibility index (Phi) is 7.20. The molecule has 0 fully saturated rings. The van der Waals surface area contributed by atoms with Crippen molar-refractivity contribution in [1.82, 2.24) is 0 Å². The Morgan fingerprint density at radius 3 is 1.90 bits per heavy atom. The molecule has 0 spiro atoms. The molecule has 0 aromatic carbocycles. The lowest BCUT2D eigenvalue weighted by Gasteiger charge is -2.22. The highest BCUT2D eigenvalue weighted by molar-refractivity contribution is 5.75. The normalized spacial score (nSPS) is 13.8. The van der Waals surface area contributed by atoms with Crippen molar-refractivity contribution in [2.45, 2.75) is 84.5 Å². The number of carbonyl (C=O) groups excluding carboxylic acids is 2. The minimum absolute atomic E-state index is 0.219. The van der Waals surface area contributed by atoms with Crippen LogP contribution in [0.1, 0.15) is 67.2 Å². The first-order valence-corrected chi connectivity index (χ1v) is 7.11. The van der Waals surface area contributed by atoms with Gasteiger partial charge in [-0.15, -0.1) is 0 Å². The summed E-state index contributed by atoms with van der Waals surface area (Å²) in [6.07, 6.45) is 2.21. The summed E-state index contributed by atoms with van der Waals surface area (Å²) in [4.78, 5) is 23.1. The van der Waals surface area contributed by atoms with E-state index in [-0.39, 0.29) is 5.97 Å². The lowest BCUT2D eigenvalue weighted by atomic mass is 10.1. The van der Waals surface area contributed by atoms with Crippen molar-refractivity contribution in [2.24, 2.45) is 5.73 Å². The number of ether oxygens (including phenoxy) is 2. The fraction of sp³-hybridized carbons (Fsp3) is 0.867. The maximum Gasteiger partial charge on any atom is 0.323 e. The summed E-state index contributed by atoms with van der Waals surface area (Å²) in [7, 11) is 0. The largest absolute Gasteiger partial charge is 0.460 e. The Morgan fingerprint density at radius 1 is 0.950 bits per heavy atom. The molecule has 2 N–H and O–H groups in total. The molecule has 20 heavy (non-hydrogen) atoms. The van der Waals surface area contributed by atoms with E-state index in [4.69, 9.17) is 15.2 Å². The van der Waals surface area contributed by atoms with Crippen LogP contribution in [0.4, 0.5) is 0 Å². The minimum atomic E-state index is -0.632. The summed E-state index contributed by atoms with van der Waals surface area (Å²) in [5, 5.41) is 0. The molecule has 1 atom stereocenters. The van der Waals surface area contributed by atoms with Gasteiger partial charge in [-0.2, -0.15) is 0 Å². The number of unbranched alkanes of at least 4 members (excludes halogenated alkanes) is 1. The zero-order chi connectivity index (χ0) is 16.0. The van der Waals surface area contributed by atoms with Crippen molar-refractivity contribution in [2.75, 3.05) is 0 Å². The fourth-order valence-electron chi connectivity index (χ4n) is 1.52. The van der Waals surface area contributed by atoms with E-state index in [0.29, 0.717) is 25.7 Å². The molecule has 0 rings (SSSR count). The average Bonchev–Trinajstić information content (AvgIpc) is 2.18. The molecule has 118 valence electrons. The van der Waals surface area contributed by atoms with Crippen LogP contribution in [0, 0.1) is 0 Å². The lowest BCUT2D eigenvalue weighted by Crippen LogP contribution is -2.37. The second-order valence-electron chi connectivity index (χ2n) is 6.97. The van der Waals surface area contributed by atoms with Gasteiger partial charge < -0.3 is 15.2 Å². The van der Waals surface area contributed by atoms with Gasteiger partial charge >= 0.3 is 11.9 Å². The average molecular weight is 287 g/mol. The zero-order valence-corrected chi connectivity index (χ0v) is 13.6. The van der Waals surface area contributed by atoms with Gasteiger partial charge in [-0.05, 0) is 54.4 Å². The van der Waals surface area contributed by atoms with Crippen molar-refractivity contribution in [3.63, 3.8) is 0 Å². The summed E-state index contributed by atoms with van der Waals surface area (Å²) in [5.74, 6) is -0.613. The van der Waals surface area contributed by atoms with E-state index in [1.54, 1.807) is 20.8 Å². The number of hydrogen-bond acceptors (Lipinski definition) is 5. The Balaban J connectivity index is 3.85. The summed E-state index contributed by atoms with van der Waals surface area (Å²) in [6, 6.07) is -0.632. The third-order valence-corrected chi connectivity index (χ3v) is 2.28. The minimum Gasteiger partial charge on any atom is -0.460 e. The number of hydrogen-bond donors (Lipinski definition) is 1. The van der Waals surface area contributed by atoms with E-state index in [1.807, 2.05) is 20.8 Å². The molecule has 0 aromatic rings. The highest BCUT2D eigenvalue weighted by Crippen LogP contribution is 2.13. The van der Waals surface area contributed by atoms with Crippen LogP contribution in [-0.2, 0) is 19.1 Å². The molecule has 0 saturated heterocycles. The summed E-state index contributed by atoms with van der Waals surface area (Å²) in [6.45, 7) is 10.9. The van der Waals surface area contributed by atoms with E-state index in [0.717, 1.165) is 0 Å². The van der Waals surface area contributed by atoms with Gasteiger partial charge in [0.1, 0.15) is 17.2 Å². The SMILES string of the molecule is CC(C)(C)OC(=O)CCCC[C@H](N)C(=O)OC(C)(C)C. The van der Waals surface area contributed by atoms with Gasteiger partial charge in [0.15, 0.2) is 0 Å². The van der Waals surface area contributed by atoms with E-state index in [1.165, 1.54) is 0 Å². The van der Waals surface area contributed by atoms with E-state index in [9.17, 15) is 9.59 Å². The molecule has 0 unspecified atom stereocenters. The highest BCUT2D eigenvalue weighted by Gasteiger charge is 2.22. The van der Waals surface area contributed by atoms with Crippen LogP contribution < -0.4 is 5.73 Å². The third kappa shape index (κ3) is 10.8. The maximum absolute atomic E-state index is 11.6. The third-order valence-electron chi connectivity index (χ3n) is 2.28. The van der Waals surface area contributed by atoms with Gasteiger partial charge in [-0.25, -0.2) is 0 Å². The van der Waals surface area contributed by atoms with E-state index >= 15 is 0 Å². The van der Waals surface area contributed by atoms with Crippen LogP contribution in [0.3, 0.4) is 0 Å². The first-order chi connectivity index (χ1) is 8.91. The Morgan fingerprint density at radius 2 is 1.45 bits per heavy atom. The van der Waals surface area contributed by atoms with E-state index < -0.39 is 23.2 Å². The standard InChI is InChI=1S/C15H29NO4/c1-14(2,3)19-12(17)10-8-7-9-11(16)13(18)20-15(4,5)6/h11H,7-10,16H2,1-6H3/t11-/m0/s1. The van der Waals surface area contributed by atoms with Crippen LogP contribution in [0.5, 0.6) is 0 Å². The lowest BCUT2D eigenvalue weighted by molar-refractivity contribution is -0.156. The molecule has 0 saturated carbocycles. The second-order valence-corrected chi connectivity index (χ2v) is 6.97. The number of esters is 2. The molecule has 0 bridgehead atoms. The molecular formula is C15H29NO4. The Bertz CT molecular complexity index is 326. The molecule has 0 aromatic heterocycles. The predicted molar refractivity (Wildman–Crippen MR) is 78.1 cm³/mol. The van der Waals surface area contributed by atoms with Gasteiger partial charge in [0.25, 0.3) is 0 Å². The molecule has 0 aliphatic heterocycles. The smallest absolute Gasteiger partial charge is 0.323 e. The number of rotatable bonds is 6. The zero-order valence-electron chi connectivity index (χ0n) is 13.6. The molecule has 0 heterocycles. The van der Waals surface area contributed by atoms with Gasteiger partial charge in [-0.3, -0.25) is 9.59 Å². The maximum atomic E-state index is 11.6. The van der Waals surface area contributed by atoms with Gasteiger partial charge in [0.05, 0.1) is 0 Å². The molecule has 0 aliphatic rings. The van der Waals surface area contributed by atoms with Crippen molar-refractivity contribution < 1.29 is 19.1 Å². The molecule has 0 amide bonds. The van der Waals surface area contributed by atoms with Crippen LogP contribution in [0.2, 0.25) is 0 Å². The van der Waals surface area contributed by atoms with Crippen molar-refractivity contribution in [3.05, 3.63) is 0 Å². The van der Waals surface area contributed by atoms with Crippen molar-refractivity contribution >= 4 is 11.9 Å².